The van der Waals surface area contributed by atoms with Crippen LogP contribution in [0.1, 0.15) is 51.4 Å². The molecular weight excluding hydrogens is 390 g/mol. The van der Waals surface area contributed by atoms with Crippen molar-refractivity contribution in [3.05, 3.63) is 56.6 Å². The average Bonchev–Trinajstić information content (AvgIpc) is 2.90. The summed E-state index contributed by atoms with van der Waals surface area (Å²) in [7, 11) is 9.87. The third-order valence-electron chi connectivity index (χ3n) is 4.65. The van der Waals surface area contributed by atoms with Crippen LogP contribution < -0.4 is 0 Å². The van der Waals surface area contributed by atoms with Crippen molar-refractivity contribution in [2.24, 2.45) is 0 Å². The molecule has 2 aromatic rings. The van der Waals surface area contributed by atoms with Crippen LogP contribution in [0.2, 0.25) is 0 Å². The molecule has 122 valence electrons. The monoisotopic (exact) mass is 416 g/mol. The van der Waals surface area contributed by atoms with Gasteiger partial charge in [-0.25, -0.2) is 6.07 Å². The Bertz CT molecular complexity index is 477. The fraction of sp³-hybridized carbons (Fsp3) is 0.474. The van der Waals surface area contributed by atoms with E-state index >= 15 is 0 Å². The van der Waals surface area contributed by atoms with Gasteiger partial charge in [-0.05, 0) is 0 Å². The van der Waals surface area contributed by atoms with E-state index in [1.165, 1.54) is 44.5 Å². The van der Waals surface area contributed by atoms with Gasteiger partial charge in [0.15, 0.2) is 0 Å². The van der Waals surface area contributed by atoms with Crippen molar-refractivity contribution in [3.63, 3.8) is 0 Å². The van der Waals surface area contributed by atoms with Crippen LogP contribution >= 0.6 is 17.0 Å². The van der Waals surface area contributed by atoms with Gasteiger partial charge >= 0.3 is 37.9 Å². The van der Waals surface area contributed by atoms with E-state index in [0.29, 0.717) is 0 Å². The summed E-state index contributed by atoms with van der Waals surface area (Å²) >= 11 is -0.826. The van der Waals surface area contributed by atoms with E-state index < -0.39 is 20.8 Å². The second kappa shape index (κ2) is 10.8. The van der Waals surface area contributed by atoms with Crippen LogP contribution in [0, 0.1) is 48.5 Å². The van der Waals surface area contributed by atoms with E-state index in [9.17, 15) is 0 Å². The van der Waals surface area contributed by atoms with Gasteiger partial charge in [0.05, 0.1) is 0 Å². The predicted octanol–water partition coefficient (Wildman–Crippen LogP) is 6.91. The van der Waals surface area contributed by atoms with Gasteiger partial charge in [0.25, 0.3) is 0 Å². The number of halogens is 2. The van der Waals surface area contributed by atoms with E-state index in [2.05, 4.69) is 67.5 Å². The fourth-order valence-corrected chi connectivity index (χ4v) is 2.44. The summed E-state index contributed by atoms with van der Waals surface area (Å²) in [4.78, 5) is 0. The summed E-state index contributed by atoms with van der Waals surface area (Å²) in [6.45, 7) is 17.5. The molecule has 2 aromatic carbocycles. The number of hydrogen-bond donors (Lipinski definition) is 0. The Morgan fingerprint density at radius 1 is 0.955 bits per heavy atom. The van der Waals surface area contributed by atoms with E-state index in [0.717, 1.165) is 6.42 Å². The Hall–Kier alpha value is 0.163. The van der Waals surface area contributed by atoms with Crippen molar-refractivity contribution in [3.8, 4) is 0 Å². The molecule has 0 saturated heterocycles. The fourth-order valence-electron chi connectivity index (χ4n) is 2.44. The summed E-state index contributed by atoms with van der Waals surface area (Å²) in [5.41, 5.74) is 11.6. The summed E-state index contributed by atoms with van der Waals surface area (Å²) in [5.74, 6) is 0. The minimum atomic E-state index is -0.826. The van der Waals surface area contributed by atoms with Crippen LogP contribution in [0.3, 0.4) is 0 Å². The maximum atomic E-state index is 4.93. The summed E-state index contributed by atoms with van der Waals surface area (Å²) in [5, 5.41) is 0. The molecule has 0 radical (unpaired) electrons. The first kappa shape index (κ1) is 22.2. The second-order valence-electron chi connectivity index (χ2n) is 5.78. The van der Waals surface area contributed by atoms with E-state index in [4.69, 9.17) is 17.0 Å². The van der Waals surface area contributed by atoms with Crippen molar-refractivity contribution in [1.82, 2.24) is 0 Å². The summed E-state index contributed by atoms with van der Waals surface area (Å²) in [6, 6.07) is 4.52. The molecule has 2 rings (SSSR count). The van der Waals surface area contributed by atoms with Crippen LogP contribution in [0.4, 0.5) is 0 Å². The van der Waals surface area contributed by atoms with Crippen LogP contribution in [0.25, 0.3) is 0 Å². The Labute approximate surface area is 155 Å². The van der Waals surface area contributed by atoms with Gasteiger partial charge < -0.3 is 0 Å². The molecule has 0 aliphatic heterocycles. The van der Waals surface area contributed by atoms with Gasteiger partial charge in [-0.2, -0.15) is 50.6 Å². The van der Waals surface area contributed by atoms with Gasteiger partial charge in [0.2, 0.25) is 0 Å². The quantitative estimate of drug-likeness (QED) is 0.442. The molecule has 22 heavy (non-hydrogen) atoms. The van der Waals surface area contributed by atoms with Crippen LogP contribution in [-0.4, -0.2) is 0 Å². The number of rotatable bonds is 1. The van der Waals surface area contributed by atoms with Gasteiger partial charge in [0.1, 0.15) is 0 Å². The van der Waals surface area contributed by atoms with Gasteiger partial charge in [-0.1, -0.05) is 61.8 Å². The standard InChI is InChI=1S/C10H15.C9H13.2ClH.Zr/c1-6-7(2)9(4)10(5)8(6)3;1-4-9-5-7(2)8(3)6-9;;;/h1-5H3;5-6H,4H2,1-3H3;2*1H;/q2*-1;;;+4/p-2. The molecule has 0 amide bonds. The van der Waals surface area contributed by atoms with E-state index in [-0.39, 0.29) is 0 Å². The molecule has 0 aliphatic carbocycles. The second-order valence-corrected chi connectivity index (χ2v) is 9.51. The molecule has 0 nitrogen and oxygen atoms in total. The van der Waals surface area contributed by atoms with Crippen molar-refractivity contribution in [2.45, 2.75) is 61.8 Å². The molecule has 0 N–H and O–H groups in total. The first-order valence-electron chi connectivity index (χ1n) is 7.59. The van der Waals surface area contributed by atoms with Crippen LogP contribution in [0.15, 0.2) is 12.1 Å². The zero-order chi connectivity index (χ0) is 17.4. The normalized spacial score (nSPS) is 9.36. The molecule has 0 unspecified atom stereocenters. The Balaban J connectivity index is 0.000000342. The van der Waals surface area contributed by atoms with Gasteiger partial charge in [-0.3, -0.25) is 0 Å². The zero-order valence-corrected chi connectivity index (χ0v) is 19.1. The molecule has 0 saturated carbocycles. The number of aryl methyl sites for hydroxylation is 3. The van der Waals surface area contributed by atoms with E-state index in [1.54, 1.807) is 0 Å². The molecule has 0 aliphatic rings. The van der Waals surface area contributed by atoms with Gasteiger partial charge in [0, 0.05) is 0 Å². The van der Waals surface area contributed by atoms with Crippen molar-refractivity contribution in [2.75, 3.05) is 0 Å². The Morgan fingerprint density at radius 2 is 1.36 bits per heavy atom. The molecular formula is C19H28Cl2Zr. The maximum absolute atomic E-state index is 4.93. The number of hydrogen-bond acceptors (Lipinski definition) is 0. The van der Waals surface area contributed by atoms with Crippen LogP contribution in [0.5, 0.6) is 0 Å². The summed E-state index contributed by atoms with van der Waals surface area (Å²) in [6.07, 6.45) is 1.16. The Morgan fingerprint density at radius 3 is 1.50 bits per heavy atom. The molecule has 0 heterocycles. The zero-order valence-electron chi connectivity index (χ0n) is 15.1. The van der Waals surface area contributed by atoms with Crippen LogP contribution in [-0.2, 0) is 27.3 Å². The molecule has 0 spiro atoms. The van der Waals surface area contributed by atoms with E-state index in [1.807, 2.05) is 0 Å². The Kier molecular flexibility index (Phi) is 10.9. The molecule has 0 aromatic heterocycles. The van der Waals surface area contributed by atoms with Crippen molar-refractivity contribution >= 4 is 17.0 Å². The molecule has 3 heteroatoms. The third-order valence-corrected chi connectivity index (χ3v) is 4.65. The van der Waals surface area contributed by atoms with Gasteiger partial charge in [-0.15, -0.1) is 0 Å². The molecule has 0 bridgehead atoms. The predicted molar refractivity (Wildman–Crippen MR) is 98.3 cm³/mol. The molecule has 0 fully saturated rings. The summed E-state index contributed by atoms with van der Waals surface area (Å²) < 4.78 is 0. The third kappa shape index (κ3) is 6.34. The average molecular weight is 419 g/mol. The SMILES string of the molecule is CCc1cc(C)[c-](C)c1.Cc1c(C)c(C)[c-](C)c1C.[Cl][Zr+2][Cl]. The van der Waals surface area contributed by atoms with Crippen molar-refractivity contribution in [1.29, 1.82) is 0 Å². The first-order chi connectivity index (χ1) is 10.2. The molecule has 0 atom stereocenters. The topological polar surface area (TPSA) is 0 Å². The first-order valence-corrected chi connectivity index (χ1v) is 13.9. The van der Waals surface area contributed by atoms with Crippen molar-refractivity contribution < 1.29 is 20.8 Å². The minimum absolute atomic E-state index is 0.826.